The molecular weight excluding hydrogens is 368 g/mol. The van der Waals surface area contributed by atoms with Crippen LogP contribution in [-0.4, -0.2) is 47.2 Å². The van der Waals surface area contributed by atoms with Crippen molar-refractivity contribution >= 4 is 17.7 Å². The molecule has 1 aromatic heterocycles. The molecule has 152 valence electrons. The SMILES string of the molecule is CC(c1ccccc1)N1CC(C(=O)NCCCNC(=O)c2cccnc2)CC1=O. The Bertz CT molecular complexity index is 842. The third-order valence-electron chi connectivity index (χ3n) is 5.14. The number of rotatable bonds is 8. The highest BCUT2D eigenvalue weighted by molar-refractivity contribution is 5.93. The van der Waals surface area contributed by atoms with Gasteiger partial charge in [0.15, 0.2) is 0 Å². The van der Waals surface area contributed by atoms with E-state index in [0.29, 0.717) is 31.6 Å². The van der Waals surface area contributed by atoms with Crippen LogP contribution in [0.4, 0.5) is 0 Å². The fourth-order valence-corrected chi connectivity index (χ4v) is 3.44. The van der Waals surface area contributed by atoms with Crippen LogP contribution in [-0.2, 0) is 9.59 Å². The molecule has 3 rings (SSSR count). The fraction of sp³-hybridized carbons (Fsp3) is 0.364. The molecule has 29 heavy (non-hydrogen) atoms. The summed E-state index contributed by atoms with van der Waals surface area (Å²) in [4.78, 5) is 42.4. The first-order chi connectivity index (χ1) is 14.1. The molecule has 1 aromatic carbocycles. The molecule has 3 amide bonds. The molecule has 0 aliphatic carbocycles. The number of pyridine rings is 1. The van der Waals surface area contributed by atoms with Crippen LogP contribution in [0.2, 0.25) is 0 Å². The summed E-state index contributed by atoms with van der Waals surface area (Å²) in [6.07, 6.45) is 3.97. The molecule has 2 atom stereocenters. The summed E-state index contributed by atoms with van der Waals surface area (Å²) in [6.45, 7) is 3.32. The van der Waals surface area contributed by atoms with Crippen LogP contribution in [0.1, 0.15) is 41.7 Å². The minimum atomic E-state index is -0.335. The molecule has 2 unspecified atom stereocenters. The van der Waals surface area contributed by atoms with Gasteiger partial charge in [-0.25, -0.2) is 0 Å². The molecule has 1 aliphatic heterocycles. The van der Waals surface area contributed by atoms with Crippen molar-refractivity contribution in [1.29, 1.82) is 0 Å². The van der Waals surface area contributed by atoms with Crippen molar-refractivity contribution in [2.45, 2.75) is 25.8 Å². The maximum atomic E-state index is 12.4. The second kappa shape index (κ2) is 9.82. The van der Waals surface area contributed by atoms with Crippen molar-refractivity contribution < 1.29 is 14.4 Å². The normalized spacial score (nSPS) is 17.1. The maximum absolute atomic E-state index is 12.4. The second-order valence-corrected chi connectivity index (χ2v) is 7.18. The van der Waals surface area contributed by atoms with Gasteiger partial charge in [-0.2, -0.15) is 0 Å². The molecule has 7 nitrogen and oxygen atoms in total. The molecule has 0 bridgehead atoms. The number of hydrogen-bond donors (Lipinski definition) is 2. The first-order valence-corrected chi connectivity index (χ1v) is 9.86. The highest BCUT2D eigenvalue weighted by Gasteiger charge is 2.36. The Morgan fingerprint density at radius 3 is 2.62 bits per heavy atom. The number of likely N-dealkylation sites (tertiary alicyclic amines) is 1. The van der Waals surface area contributed by atoms with Gasteiger partial charge in [0.05, 0.1) is 17.5 Å². The summed E-state index contributed by atoms with van der Waals surface area (Å²) in [5.41, 5.74) is 1.57. The van der Waals surface area contributed by atoms with Crippen LogP contribution < -0.4 is 10.6 Å². The first-order valence-electron chi connectivity index (χ1n) is 9.86. The van der Waals surface area contributed by atoms with Gasteiger partial charge >= 0.3 is 0 Å². The van der Waals surface area contributed by atoms with Gasteiger partial charge in [-0.3, -0.25) is 19.4 Å². The number of nitrogens with zero attached hydrogens (tertiary/aromatic N) is 2. The topological polar surface area (TPSA) is 91.4 Å². The Hall–Kier alpha value is -3.22. The molecule has 2 aromatic rings. The Morgan fingerprint density at radius 2 is 1.90 bits per heavy atom. The minimum Gasteiger partial charge on any atom is -0.356 e. The van der Waals surface area contributed by atoms with Crippen molar-refractivity contribution in [3.05, 3.63) is 66.0 Å². The lowest BCUT2D eigenvalue weighted by molar-refractivity contribution is -0.130. The number of hydrogen-bond acceptors (Lipinski definition) is 4. The highest BCUT2D eigenvalue weighted by Crippen LogP contribution is 2.28. The average Bonchev–Trinajstić information content (AvgIpc) is 3.15. The number of amides is 3. The van der Waals surface area contributed by atoms with E-state index in [0.717, 1.165) is 5.56 Å². The summed E-state index contributed by atoms with van der Waals surface area (Å²) in [5, 5.41) is 5.67. The van der Waals surface area contributed by atoms with Crippen molar-refractivity contribution in [2.24, 2.45) is 5.92 Å². The van der Waals surface area contributed by atoms with Crippen LogP contribution in [0.5, 0.6) is 0 Å². The van der Waals surface area contributed by atoms with E-state index in [1.807, 2.05) is 37.3 Å². The molecule has 7 heteroatoms. The third-order valence-corrected chi connectivity index (χ3v) is 5.14. The number of nitrogens with one attached hydrogen (secondary N) is 2. The molecule has 2 N–H and O–H groups in total. The summed E-state index contributed by atoms with van der Waals surface area (Å²) in [7, 11) is 0. The van der Waals surface area contributed by atoms with Crippen molar-refractivity contribution in [2.75, 3.05) is 19.6 Å². The lowest BCUT2D eigenvalue weighted by Crippen LogP contribution is -2.35. The van der Waals surface area contributed by atoms with E-state index in [2.05, 4.69) is 15.6 Å². The Balaban J connectivity index is 1.39. The monoisotopic (exact) mass is 394 g/mol. The standard InChI is InChI=1S/C22H26N4O3/c1-16(17-7-3-2-4-8-17)26-15-19(13-20(26)27)22(29)25-12-6-11-24-21(28)18-9-5-10-23-14-18/h2-5,7-10,14,16,19H,6,11-13,15H2,1H3,(H,24,28)(H,25,29). The van der Waals surface area contributed by atoms with Gasteiger partial charge in [0.25, 0.3) is 5.91 Å². The minimum absolute atomic E-state index is 0.00485. The van der Waals surface area contributed by atoms with Gasteiger partial charge in [-0.15, -0.1) is 0 Å². The van der Waals surface area contributed by atoms with Crippen LogP contribution >= 0.6 is 0 Å². The largest absolute Gasteiger partial charge is 0.356 e. The van der Waals surface area contributed by atoms with E-state index in [9.17, 15) is 14.4 Å². The molecule has 0 saturated carbocycles. The van der Waals surface area contributed by atoms with Gasteiger partial charge in [0.2, 0.25) is 11.8 Å². The van der Waals surface area contributed by atoms with Crippen LogP contribution in [0, 0.1) is 5.92 Å². The smallest absolute Gasteiger partial charge is 0.252 e. The van der Waals surface area contributed by atoms with Gasteiger partial charge in [-0.1, -0.05) is 30.3 Å². The van der Waals surface area contributed by atoms with E-state index < -0.39 is 0 Å². The van der Waals surface area contributed by atoms with Gasteiger partial charge in [-0.05, 0) is 31.0 Å². The Labute approximate surface area is 170 Å². The summed E-state index contributed by atoms with van der Waals surface area (Å²) >= 11 is 0. The van der Waals surface area contributed by atoms with E-state index in [1.165, 1.54) is 6.20 Å². The van der Waals surface area contributed by atoms with E-state index in [4.69, 9.17) is 0 Å². The van der Waals surface area contributed by atoms with E-state index in [1.54, 1.807) is 23.2 Å². The number of benzene rings is 1. The highest BCUT2D eigenvalue weighted by atomic mass is 16.2. The van der Waals surface area contributed by atoms with Crippen LogP contribution in [0.3, 0.4) is 0 Å². The summed E-state index contributed by atoms with van der Waals surface area (Å²) in [6, 6.07) is 13.2. The van der Waals surface area contributed by atoms with Gasteiger partial charge < -0.3 is 15.5 Å². The van der Waals surface area contributed by atoms with Crippen LogP contribution in [0.15, 0.2) is 54.9 Å². The van der Waals surface area contributed by atoms with E-state index in [-0.39, 0.29) is 36.1 Å². The molecular formula is C22H26N4O3. The van der Waals surface area contributed by atoms with E-state index >= 15 is 0 Å². The summed E-state index contributed by atoms with van der Waals surface area (Å²) in [5.74, 6) is -0.625. The zero-order valence-electron chi connectivity index (χ0n) is 16.5. The molecule has 0 radical (unpaired) electrons. The number of carbonyl (C=O) groups is 3. The number of aromatic nitrogens is 1. The van der Waals surface area contributed by atoms with Crippen molar-refractivity contribution in [3.8, 4) is 0 Å². The molecule has 1 fully saturated rings. The zero-order chi connectivity index (χ0) is 20.6. The average molecular weight is 394 g/mol. The Morgan fingerprint density at radius 1 is 1.14 bits per heavy atom. The predicted molar refractivity (Wildman–Crippen MR) is 109 cm³/mol. The molecule has 1 saturated heterocycles. The van der Waals surface area contributed by atoms with Crippen LogP contribution in [0.25, 0.3) is 0 Å². The first kappa shape index (κ1) is 20.5. The zero-order valence-corrected chi connectivity index (χ0v) is 16.5. The predicted octanol–water partition coefficient (Wildman–Crippen LogP) is 1.93. The quantitative estimate of drug-likeness (QED) is 0.670. The number of carbonyl (C=O) groups excluding carboxylic acids is 3. The van der Waals surface area contributed by atoms with Crippen molar-refractivity contribution in [1.82, 2.24) is 20.5 Å². The lowest BCUT2D eigenvalue weighted by Gasteiger charge is -2.25. The fourth-order valence-electron chi connectivity index (χ4n) is 3.44. The lowest BCUT2D eigenvalue weighted by atomic mass is 10.1. The van der Waals surface area contributed by atoms with Crippen molar-refractivity contribution in [3.63, 3.8) is 0 Å². The summed E-state index contributed by atoms with van der Waals surface area (Å²) < 4.78 is 0. The van der Waals surface area contributed by atoms with Gasteiger partial charge in [0, 0.05) is 38.4 Å². The maximum Gasteiger partial charge on any atom is 0.252 e. The Kier molecular flexibility index (Phi) is 6.94. The van der Waals surface area contributed by atoms with Gasteiger partial charge in [0.1, 0.15) is 0 Å². The molecule has 2 heterocycles. The molecule has 1 aliphatic rings. The second-order valence-electron chi connectivity index (χ2n) is 7.18. The third kappa shape index (κ3) is 5.40. The molecule has 0 spiro atoms.